The third-order valence-corrected chi connectivity index (χ3v) is 4.60. The number of likely N-dealkylation sites (tertiary alicyclic amines) is 1. The summed E-state index contributed by atoms with van der Waals surface area (Å²) < 4.78 is 0. The highest BCUT2D eigenvalue weighted by molar-refractivity contribution is 4.93. The third-order valence-electron chi connectivity index (χ3n) is 4.60. The number of hydrogen-bond donors (Lipinski definition) is 1. The van der Waals surface area contributed by atoms with Crippen LogP contribution in [0.4, 0.5) is 0 Å². The zero-order valence-electron chi connectivity index (χ0n) is 10.9. The smallest absolute Gasteiger partial charge is 0.0746 e. The van der Waals surface area contributed by atoms with Crippen molar-refractivity contribution >= 4 is 0 Å². The second-order valence-electron chi connectivity index (χ2n) is 6.34. The van der Waals surface area contributed by atoms with E-state index in [1.807, 2.05) is 0 Å². The minimum atomic E-state index is -0.126. The molecule has 1 aliphatic heterocycles. The van der Waals surface area contributed by atoms with Crippen molar-refractivity contribution in [1.29, 1.82) is 0 Å². The van der Waals surface area contributed by atoms with E-state index in [0.717, 1.165) is 0 Å². The molecular formula is C14H27NO. The number of hydrogen-bond acceptors (Lipinski definition) is 2. The molecule has 16 heavy (non-hydrogen) atoms. The molecule has 0 amide bonds. The molecule has 0 bridgehead atoms. The molecular weight excluding hydrogens is 198 g/mol. The first-order valence-electron chi connectivity index (χ1n) is 7.03. The zero-order chi connectivity index (χ0) is 11.6. The van der Waals surface area contributed by atoms with E-state index in [2.05, 4.69) is 18.7 Å². The predicted octanol–water partition coefficient (Wildman–Crippen LogP) is 2.80. The van der Waals surface area contributed by atoms with Crippen LogP contribution in [0.3, 0.4) is 0 Å². The monoisotopic (exact) mass is 225 g/mol. The molecule has 1 saturated heterocycles. The summed E-state index contributed by atoms with van der Waals surface area (Å²) in [5.41, 5.74) is 0.120. The summed E-state index contributed by atoms with van der Waals surface area (Å²) in [5, 5.41) is 10.5. The Morgan fingerprint density at radius 3 is 2.25 bits per heavy atom. The average Bonchev–Trinajstić information content (AvgIpc) is 2.50. The van der Waals surface area contributed by atoms with Crippen molar-refractivity contribution in [1.82, 2.24) is 4.90 Å². The molecule has 2 unspecified atom stereocenters. The maximum Gasteiger partial charge on any atom is 0.0746 e. The highest BCUT2D eigenvalue weighted by Gasteiger charge is 2.40. The summed E-state index contributed by atoms with van der Waals surface area (Å²) in [5.74, 6) is 0. The van der Waals surface area contributed by atoms with E-state index in [-0.39, 0.29) is 11.5 Å². The predicted molar refractivity (Wildman–Crippen MR) is 67.5 cm³/mol. The van der Waals surface area contributed by atoms with Crippen molar-refractivity contribution in [2.24, 2.45) is 5.41 Å². The fourth-order valence-corrected chi connectivity index (χ4v) is 3.40. The molecule has 0 spiro atoms. The van der Waals surface area contributed by atoms with Crippen LogP contribution in [0, 0.1) is 5.41 Å². The van der Waals surface area contributed by atoms with Gasteiger partial charge in [-0.15, -0.1) is 0 Å². The Balaban J connectivity index is 2.01. The van der Waals surface area contributed by atoms with Crippen molar-refractivity contribution in [3.63, 3.8) is 0 Å². The molecule has 1 saturated carbocycles. The van der Waals surface area contributed by atoms with Gasteiger partial charge in [-0.1, -0.05) is 33.1 Å². The normalized spacial score (nSPS) is 36.9. The Labute approximate surface area is 100 Å². The molecule has 0 aromatic heterocycles. The van der Waals surface area contributed by atoms with Crippen LogP contribution in [0.25, 0.3) is 0 Å². The van der Waals surface area contributed by atoms with Crippen LogP contribution < -0.4 is 0 Å². The minimum absolute atomic E-state index is 0.120. The van der Waals surface area contributed by atoms with Crippen molar-refractivity contribution < 1.29 is 5.11 Å². The quantitative estimate of drug-likeness (QED) is 0.742. The Kier molecular flexibility index (Phi) is 3.91. The maximum absolute atomic E-state index is 10.5. The zero-order valence-corrected chi connectivity index (χ0v) is 10.9. The van der Waals surface area contributed by atoms with Gasteiger partial charge in [-0.05, 0) is 44.2 Å². The largest absolute Gasteiger partial charge is 0.391 e. The summed E-state index contributed by atoms with van der Waals surface area (Å²) in [7, 11) is 0. The lowest BCUT2D eigenvalue weighted by Gasteiger charge is -2.45. The van der Waals surface area contributed by atoms with Crippen molar-refractivity contribution in [2.75, 3.05) is 13.1 Å². The molecule has 2 rings (SSSR count). The summed E-state index contributed by atoms with van der Waals surface area (Å²) >= 11 is 0. The number of aliphatic hydroxyl groups is 1. The highest BCUT2D eigenvalue weighted by atomic mass is 16.3. The Hall–Kier alpha value is -0.0800. The Morgan fingerprint density at radius 2 is 1.62 bits per heavy atom. The fraction of sp³-hybridized carbons (Fsp3) is 1.00. The fourth-order valence-electron chi connectivity index (χ4n) is 3.40. The van der Waals surface area contributed by atoms with E-state index in [0.29, 0.717) is 6.04 Å². The summed E-state index contributed by atoms with van der Waals surface area (Å²) in [6.45, 7) is 6.86. The molecule has 1 N–H and O–H groups in total. The first kappa shape index (κ1) is 12.4. The molecule has 2 aliphatic rings. The number of aliphatic hydroxyl groups excluding tert-OH is 1. The van der Waals surface area contributed by atoms with Crippen LogP contribution in [-0.4, -0.2) is 35.2 Å². The van der Waals surface area contributed by atoms with Crippen molar-refractivity contribution in [3.8, 4) is 0 Å². The van der Waals surface area contributed by atoms with E-state index in [4.69, 9.17) is 0 Å². The Morgan fingerprint density at radius 1 is 1.00 bits per heavy atom. The number of nitrogens with zero attached hydrogens (tertiary/aromatic N) is 1. The Bertz CT molecular complexity index is 219. The lowest BCUT2D eigenvalue weighted by Crippen LogP contribution is -2.52. The molecule has 2 fully saturated rings. The van der Waals surface area contributed by atoms with Gasteiger partial charge in [-0.25, -0.2) is 0 Å². The van der Waals surface area contributed by atoms with E-state index >= 15 is 0 Å². The van der Waals surface area contributed by atoms with Gasteiger partial charge >= 0.3 is 0 Å². The van der Waals surface area contributed by atoms with Crippen molar-refractivity contribution in [3.05, 3.63) is 0 Å². The second-order valence-corrected chi connectivity index (χ2v) is 6.34. The summed E-state index contributed by atoms with van der Waals surface area (Å²) in [6.07, 6.45) is 8.94. The molecule has 1 heterocycles. The van der Waals surface area contributed by atoms with Gasteiger partial charge in [0.1, 0.15) is 0 Å². The average molecular weight is 225 g/mol. The van der Waals surface area contributed by atoms with Gasteiger partial charge in [-0.2, -0.15) is 0 Å². The topological polar surface area (TPSA) is 23.5 Å². The number of rotatable bonds is 1. The molecule has 2 atom stereocenters. The standard InChI is InChI=1S/C14H27NO/c1-14(2)9-7-8-12(13(14)16)15-10-5-3-4-6-11-15/h12-13,16H,3-11H2,1-2H3. The van der Waals surface area contributed by atoms with Crippen LogP contribution in [0.2, 0.25) is 0 Å². The van der Waals surface area contributed by atoms with Gasteiger partial charge in [0.2, 0.25) is 0 Å². The first-order valence-corrected chi connectivity index (χ1v) is 7.03. The molecule has 1 aliphatic carbocycles. The van der Waals surface area contributed by atoms with Gasteiger partial charge < -0.3 is 5.11 Å². The lowest BCUT2D eigenvalue weighted by molar-refractivity contribution is -0.0564. The molecule has 0 aromatic carbocycles. The van der Waals surface area contributed by atoms with Crippen LogP contribution in [0.5, 0.6) is 0 Å². The van der Waals surface area contributed by atoms with E-state index in [1.54, 1.807) is 0 Å². The van der Waals surface area contributed by atoms with Crippen LogP contribution in [-0.2, 0) is 0 Å². The van der Waals surface area contributed by atoms with Gasteiger partial charge in [0.05, 0.1) is 6.10 Å². The van der Waals surface area contributed by atoms with Gasteiger partial charge in [0, 0.05) is 6.04 Å². The van der Waals surface area contributed by atoms with Gasteiger partial charge in [0.25, 0.3) is 0 Å². The summed E-state index contributed by atoms with van der Waals surface area (Å²) in [4.78, 5) is 2.57. The molecule has 94 valence electrons. The first-order chi connectivity index (χ1) is 7.61. The molecule has 0 radical (unpaired) electrons. The molecule has 0 aromatic rings. The van der Waals surface area contributed by atoms with Gasteiger partial charge in [0.15, 0.2) is 0 Å². The van der Waals surface area contributed by atoms with Crippen molar-refractivity contribution in [2.45, 2.75) is 70.9 Å². The molecule has 2 heteroatoms. The molecule has 2 nitrogen and oxygen atoms in total. The minimum Gasteiger partial charge on any atom is -0.391 e. The summed E-state index contributed by atoms with van der Waals surface area (Å²) in [6, 6.07) is 0.432. The van der Waals surface area contributed by atoms with Crippen LogP contribution in [0.1, 0.15) is 58.8 Å². The van der Waals surface area contributed by atoms with E-state index in [1.165, 1.54) is 58.0 Å². The van der Waals surface area contributed by atoms with Crippen LogP contribution in [0.15, 0.2) is 0 Å². The van der Waals surface area contributed by atoms with Gasteiger partial charge in [-0.3, -0.25) is 4.90 Å². The lowest BCUT2D eigenvalue weighted by atomic mass is 9.72. The third kappa shape index (κ3) is 2.60. The van der Waals surface area contributed by atoms with E-state index in [9.17, 15) is 5.11 Å². The maximum atomic E-state index is 10.5. The van der Waals surface area contributed by atoms with E-state index < -0.39 is 0 Å². The SMILES string of the molecule is CC1(C)CCCC(N2CCCCCC2)C1O. The highest BCUT2D eigenvalue weighted by Crippen LogP contribution is 2.38. The second kappa shape index (κ2) is 5.05. The van der Waals surface area contributed by atoms with Crippen LogP contribution >= 0.6 is 0 Å².